The summed E-state index contributed by atoms with van der Waals surface area (Å²) in [6.07, 6.45) is 4.78. The lowest BCUT2D eigenvalue weighted by Gasteiger charge is -2.37. The lowest BCUT2D eigenvalue weighted by Crippen LogP contribution is -2.41. The summed E-state index contributed by atoms with van der Waals surface area (Å²) in [7, 11) is 0. The molecule has 100 valence electrons. The molecule has 1 unspecified atom stereocenters. The molecule has 1 aliphatic heterocycles. The molecule has 0 fully saturated rings. The van der Waals surface area contributed by atoms with Gasteiger partial charge in [-0.3, -0.25) is 0 Å². The molecular formula is C16H25NO. The zero-order valence-corrected chi connectivity index (χ0v) is 11.6. The average molecular weight is 247 g/mol. The van der Waals surface area contributed by atoms with Crippen LogP contribution in [0.1, 0.15) is 38.7 Å². The number of nitrogens with two attached hydrogens (primary N) is 1. The maximum atomic E-state index is 6.03. The van der Waals surface area contributed by atoms with E-state index in [1.807, 2.05) is 6.07 Å². The quantitative estimate of drug-likeness (QED) is 0.865. The van der Waals surface area contributed by atoms with Gasteiger partial charge in [0.25, 0.3) is 0 Å². The number of hydrogen-bond acceptors (Lipinski definition) is 2. The third-order valence-electron chi connectivity index (χ3n) is 3.99. The SMILES string of the molecule is CC(C)CCCC1(CN)COc2ccccc2C1. The van der Waals surface area contributed by atoms with Gasteiger partial charge in [0.05, 0.1) is 6.61 Å². The van der Waals surface area contributed by atoms with E-state index in [9.17, 15) is 0 Å². The van der Waals surface area contributed by atoms with Gasteiger partial charge in [-0.05, 0) is 30.4 Å². The molecule has 1 aliphatic rings. The monoisotopic (exact) mass is 247 g/mol. The Morgan fingerprint density at radius 3 is 2.83 bits per heavy atom. The minimum Gasteiger partial charge on any atom is -0.493 e. The summed E-state index contributed by atoms with van der Waals surface area (Å²) in [5.74, 6) is 1.82. The zero-order valence-electron chi connectivity index (χ0n) is 11.6. The molecule has 2 N–H and O–H groups in total. The summed E-state index contributed by atoms with van der Waals surface area (Å²) in [5, 5.41) is 0. The van der Waals surface area contributed by atoms with Gasteiger partial charge in [0.1, 0.15) is 5.75 Å². The van der Waals surface area contributed by atoms with Crippen molar-refractivity contribution in [3.05, 3.63) is 29.8 Å². The fourth-order valence-electron chi connectivity index (χ4n) is 2.76. The molecule has 1 aromatic carbocycles. The fourth-order valence-corrected chi connectivity index (χ4v) is 2.76. The second kappa shape index (κ2) is 5.75. The van der Waals surface area contributed by atoms with Crippen molar-refractivity contribution in [3.8, 4) is 5.75 Å². The van der Waals surface area contributed by atoms with Crippen LogP contribution in [0.3, 0.4) is 0 Å². The smallest absolute Gasteiger partial charge is 0.122 e. The van der Waals surface area contributed by atoms with E-state index >= 15 is 0 Å². The number of para-hydroxylation sites is 1. The molecule has 2 heteroatoms. The van der Waals surface area contributed by atoms with Gasteiger partial charge in [0.2, 0.25) is 0 Å². The largest absolute Gasteiger partial charge is 0.493 e. The highest BCUT2D eigenvalue weighted by Gasteiger charge is 2.34. The van der Waals surface area contributed by atoms with Crippen molar-refractivity contribution in [1.29, 1.82) is 0 Å². The first-order valence-corrected chi connectivity index (χ1v) is 7.06. The number of benzene rings is 1. The molecule has 0 radical (unpaired) electrons. The molecule has 0 aromatic heterocycles. The third kappa shape index (κ3) is 3.05. The van der Waals surface area contributed by atoms with E-state index in [0.29, 0.717) is 0 Å². The van der Waals surface area contributed by atoms with Crippen LogP contribution in [0, 0.1) is 11.3 Å². The van der Waals surface area contributed by atoms with Crippen molar-refractivity contribution < 1.29 is 4.74 Å². The Labute approximate surface area is 111 Å². The lowest BCUT2D eigenvalue weighted by molar-refractivity contribution is 0.113. The van der Waals surface area contributed by atoms with E-state index in [-0.39, 0.29) is 5.41 Å². The number of ether oxygens (including phenoxy) is 1. The predicted octanol–water partition coefficient (Wildman–Crippen LogP) is 3.39. The van der Waals surface area contributed by atoms with Crippen molar-refractivity contribution in [2.75, 3.05) is 13.2 Å². The van der Waals surface area contributed by atoms with Crippen molar-refractivity contribution >= 4 is 0 Å². The molecular weight excluding hydrogens is 222 g/mol. The minimum absolute atomic E-state index is 0.156. The van der Waals surface area contributed by atoms with Crippen LogP contribution in [-0.2, 0) is 6.42 Å². The Morgan fingerprint density at radius 1 is 1.33 bits per heavy atom. The second-order valence-electron chi connectivity index (χ2n) is 6.06. The maximum absolute atomic E-state index is 6.03. The normalized spacial score (nSPS) is 22.7. The van der Waals surface area contributed by atoms with Gasteiger partial charge in [0, 0.05) is 12.0 Å². The molecule has 2 rings (SSSR count). The number of hydrogen-bond donors (Lipinski definition) is 1. The summed E-state index contributed by atoms with van der Waals surface area (Å²) in [4.78, 5) is 0. The van der Waals surface area contributed by atoms with E-state index in [2.05, 4.69) is 32.0 Å². The predicted molar refractivity (Wildman–Crippen MR) is 75.8 cm³/mol. The Balaban J connectivity index is 2.02. The number of rotatable bonds is 5. The van der Waals surface area contributed by atoms with Crippen LogP contribution < -0.4 is 10.5 Å². The Bertz CT molecular complexity index is 388. The van der Waals surface area contributed by atoms with E-state index in [1.54, 1.807) is 0 Å². The Morgan fingerprint density at radius 2 is 2.11 bits per heavy atom. The molecule has 0 aliphatic carbocycles. The first-order chi connectivity index (χ1) is 8.65. The maximum Gasteiger partial charge on any atom is 0.122 e. The van der Waals surface area contributed by atoms with E-state index in [1.165, 1.54) is 24.8 Å². The van der Waals surface area contributed by atoms with Crippen LogP contribution in [0.15, 0.2) is 24.3 Å². The van der Waals surface area contributed by atoms with Gasteiger partial charge in [-0.25, -0.2) is 0 Å². The number of fused-ring (bicyclic) bond motifs is 1. The highest BCUT2D eigenvalue weighted by Crippen LogP contribution is 2.37. The van der Waals surface area contributed by atoms with Crippen LogP contribution in [0.25, 0.3) is 0 Å². The second-order valence-corrected chi connectivity index (χ2v) is 6.06. The van der Waals surface area contributed by atoms with Gasteiger partial charge < -0.3 is 10.5 Å². The molecule has 0 spiro atoms. The van der Waals surface area contributed by atoms with Gasteiger partial charge in [0.15, 0.2) is 0 Å². The summed E-state index contributed by atoms with van der Waals surface area (Å²) >= 11 is 0. The van der Waals surface area contributed by atoms with E-state index in [4.69, 9.17) is 10.5 Å². The molecule has 0 bridgehead atoms. The summed E-state index contributed by atoms with van der Waals surface area (Å²) in [5.41, 5.74) is 7.51. The van der Waals surface area contributed by atoms with Crippen LogP contribution in [0.4, 0.5) is 0 Å². The van der Waals surface area contributed by atoms with E-state index < -0.39 is 0 Å². The standard InChI is InChI=1S/C16H25NO/c1-13(2)6-5-9-16(11-17)10-14-7-3-4-8-15(14)18-12-16/h3-4,7-8,13H,5-6,9-12,17H2,1-2H3. The van der Waals surface area contributed by atoms with Crippen LogP contribution >= 0.6 is 0 Å². The van der Waals surface area contributed by atoms with E-state index in [0.717, 1.165) is 31.2 Å². The molecule has 2 nitrogen and oxygen atoms in total. The van der Waals surface area contributed by atoms with Crippen molar-refractivity contribution in [1.82, 2.24) is 0 Å². The molecule has 0 saturated heterocycles. The molecule has 1 aromatic rings. The first-order valence-electron chi connectivity index (χ1n) is 7.06. The molecule has 0 amide bonds. The highest BCUT2D eigenvalue weighted by molar-refractivity contribution is 5.36. The summed E-state index contributed by atoms with van der Waals surface area (Å²) in [6.45, 7) is 6.06. The molecule has 1 heterocycles. The van der Waals surface area contributed by atoms with Gasteiger partial charge in [-0.2, -0.15) is 0 Å². The van der Waals surface area contributed by atoms with Gasteiger partial charge in [-0.1, -0.05) is 44.9 Å². The van der Waals surface area contributed by atoms with Gasteiger partial charge >= 0.3 is 0 Å². The fraction of sp³-hybridized carbons (Fsp3) is 0.625. The third-order valence-corrected chi connectivity index (χ3v) is 3.99. The zero-order chi connectivity index (χ0) is 13.0. The molecule has 1 atom stereocenters. The van der Waals surface area contributed by atoms with Crippen molar-refractivity contribution in [2.24, 2.45) is 17.1 Å². The lowest BCUT2D eigenvalue weighted by atomic mass is 9.76. The highest BCUT2D eigenvalue weighted by atomic mass is 16.5. The summed E-state index contributed by atoms with van der Waals surface area (Å²) in [6, 6.07) is 8.35. The van der Waals surface area contributed by atoms with Gasteiger partial charge in [-0.15, -0.1) is 0 Å². The molecule has 0 saturated carbocycles. The average Bonchev–Trinajstić information content (AvgIpc) is 2.38. The van der Waals surface area contributed by atoms with Crippen LogP contribution in [-0.4, -0.2) is 13.2 Å². The Hall–Kier alpha value is -1.02. The Kier molecular flexibility index (Phi) is 4.28. The minimum atomic E-state index is 0.156. The van der Waals surface area contributed by atoms with Crippen molar-refractivity contribution in [2.45, 2.75) is 39.5 Å². The summed E-state index contributed by atoms with van der Waals surface area (Å²) < 4.78 is 5.91. The topological polar surface area (TPSA) is 35.2 Å². The van der Waals surface area contributed by atoms with Crippen LogP contribution in [0.5, 0.6) is 5.75 Å². The first kappa shape index (κ1) is 13.4. The van der Waals surface area contributed by atoms with Crippen molar-refractivity contribution in [3.63, 3.8) is 0 Å². The molecule has 18 heavy (non-hydrogen) atoms. The van der Waals surface area contributed by atoms with Crippen LogP contribution in [0.2, 0.25) is 0 Å².